The zero-order valence-corrected chi connectivity index (χ0v) is 16.8. The summed E-state index contributed by atoms with van der Waals surface area (Å²) in [5.74, 6) is 0.0259. The van der Waals surface area contributed by atoms with Crippen LogP contribution in [0.3, 0.4) is 0 Å². The molecule has 0 radical (unpaired) electrons. The third kappa shape index (κ3) is 8.74. The predicted octanol–water partition coefficient (Wildman–Crippen LogP) is 5.27. The number of hydrogen-bond acceptors (Lipinski definition) is 4. The lowest BCUT2D eigenvalue weighted by molar-refractivity contribution is -0.116. The van der Waals surface area contributed by atoms with Crippen molar-refractivity contribution in [3.8, 4) is 11.3 Å². The van der Waals surface area contributed by atoms with Gasteiger partial charge in [-0.2, -0.15) is 0 Å². The Bertz CT molecular complexity index is 641. The van der Waals surface area contributed by atoms with Gasteiger partial charge in [0.25, 0.3) is 0 Å². The molecule has 136 valence electrons. The molecule has 6 heteroatoms. The van der Waals surface area contributed by atoms with Gasteiger partial charge in [-0.25, -0.2) is 4.98 Å². The first-order valence-corrected chi connectivity index (χ1v) is 9.99. The van der Waals surface area contributed by atoms with Gasteiger partial charge >= 0.3 is 0 Å². The zero-order valence-electron chi connectivity index (χ0n) is 15.2. The molecule has 0 spiro atoms. The summed E-state index contributed by atoms with van der Waals surface area (Å²) < 4.78 is 0. The monoisotopic (exact) mass is 377 g/mol. The van der Waals surface area contributed by atoms with Crippen LogP contribution in [-0.2, 0) is 4.79 Å². The normalized spacial score (nSPS) is 9.72. The van der Waals surface area contributed by atoms with Crippen LogP contribution in [0, 0.1) is 0 Å². The van der Waals surface area contributed by atoms with Crippen LogP contribution in [0.2, 0.25) is 0 Å². The van der Waals surface area contributed by atoms with Crippen molar-refractivity contribution in [2.45, 2.75) is 46.5 Å². The molecule has 0 atom stereocenters. The van der Waals surface area contributed by atoms with E-state index in [2.05, 4.69) is 15.6 Å². The Balaban J connectivity index is 0.00000151. The average molecular weight is 378 g/mol. The molecule has 0 unspecified atom stereocenters. The first-order chi connectivity index (χ1) is 12.1. The highest BCUT2D eigenvalue weighted by atomic mass is 32.1. The molecule has 0 fully saturated rings. The largest absolute Gasteiger partial charge is 0.380 e. The number of thiocarbonyl (C=S) groups is 1. The SMILES string of the molecule is CC.CC(=S)NCCCCCC(=O)Nc1nc(-c2ccccc2)cs1. The van der Waals surface area contributed by atoms with Gasteiger partial charge in [0.15, 0.2) is 5.13 Å². The minimum Gasteiger partial charge on any atom is -0.380 e. The topological polar surface area (TPSA) is 54.0 Å². The van der Waals surface area contributed by atoms with Gasteiger partial charge in [0.05, 0.1) is 10.7 Å². The number of nitrogens with one attached hydrogen (secondary N) is 2. The van der Waals surface area contributed by atoms with Crippen LogP contribution < -0.4 is 10.6 Å². The average Bonchev–Trinajstić information content (AvgIpc) is 3.08. The number of rotatable bonds is 8. The molecule has 0 aliphatic heterocycles. The van der Waals surface area contributed by atoms with Gasteiger partial charge in [0.2, 0.25) is 5.91 Å². The van der Waals surface area contributed by atoms with Crippen molar-refractivity contribution >= 4 is 39.6 Å². The maximum Gasteiger partial charge on any atom is 0.226 e. The third-order valence-electron chi connectivity index (χ3n) is 3.27. The van der Waals surface area contributed by atoms with Crippen molar-refractivity contribution in [1.82, 2.24) is 10.3 Å². The second-order valence-electron chi connectivity index (χ2n) is 5.25. The summed E-state index contributed by atoms with van der Waals surface area (Å²) in [5.41, 5.74) is 1.96. The zero-order chi connectivity index (χ0) is 18.5. The van der Waals surface area contributed by atoms with Gasteiger partial charge < -0.3 is 10.6 Å². The van der Waals surface area contributed by atoms with Crippen molar-refractivity contribution in [3.05, 3.63) is 35.7 Å². The fourth-order valence-electron chi connectivity index (χ4n) is 2.11. The molecule has 0 saturated heterocycles. The Morgan fingerprint density at radius 1 is 1.16 bits per heavy atom. The van der Waals surface area contributed by atoms with E-state index in [1.807, 2.05) is 56.5 Å². The highest BCUT2D eigenvalue weighted by Gasteiger charge is 2.07. The molecule has 0 aliphatic carbocycles. The Kier molecular flexibility index (Phi) is 10.7. The van der Waals surface area contributed by atoms with E-state index in [0.29, 0.717) is 11.6 Å². The van der Waals surface area contributed by atoms with Crippen LogP contribution in [0.25, 0.3) is 11.3 Å². The molecular weight excluding hydrogens is 350 g/mol. The first kappa shape index (κ1) is 21.3. The van der Waals surface area contributed by atoms with E-state index in [9.17, 15) is 4.79 Å². The number of aromatic nitrogens is 1. The van der Waals surface area contributed by atoms with E-state index in [0.717, 1.165) is 42.1 Å². The van der Waals surface area contributed by atoms with E-state index < -0.39 is 0 Å². The molecule has 0 saturated carbocycles. The Labute approximate surface area is 160 Å². The maximum absolute atomic E-state index is 11.9. The number of unbranched alkanes of at least 4 members (excludes halogenated alkanes) is 2. The first-order valence-electron chi connectivity index (χ1n) is 8.70. The number of hydrogen-bond donors (Lipinski definition) is 2. The van der Waals surface area contributed by atoms with E-state index in [4.69, 9.17) is 12.2 Å². The number of amides is 1. The number of benzene rings is 1. The third-order valence-corrected chi connectivity index (χ3v) is 4.18. The van der Waals surface area contributed by atoms with Crippen LogP contribution >= 0.6 is 23.6 Å². The number of carbonyl (C=O) groups is 1. The molecule has 1 amide bonds. The number of thiazole rings is 1. The molecule has 1 aromatic heterocycles. The molecule has 2 aromatic rings. The molecule has 2 N–H and O–H groups in total. The Hall–Kier alpha value is -1.79. The fraction of sp³-hybridized carbons (Fsp3) is 0.421. The summed E-state index contributed by atoms with van der Waals surface area (Å²) in [4.78, 5) is 17.2. The highest BCUT2D eigenvalue weighted by molar-refractivity contribution is 7.80. The van der Waals surface area contributed by atoms with Crippen LogP contribution in [0.5, 0.6) is 0 Å². The van der Waals surface area contributed by atoms with E-state index >= 15 is 0 Å². The van der Waals surface area contributed by atoms with Gasteiger partial charge in [0.1, 0.15) is 0 Å². The van der Waals surface area contributed by atoms with Gasteiger partial charge in [0, 0.05) is 23.9 Å². The minimum absolute atomic E-state index is 0.0259. The fourth-order valence-corrected chi connectivity index (χ4v) is 2.94. The summed E-state index contributed by atoms with van der Waals surface area (Å²) in [6.45, 7) is 6.75. The van der Waals surface area contributed by atoms with E-state index in [1.54, 1.807) is 0 Å². The predicted molar refractivity (Wildman–Crippen MR) is 112 cm³/mol. The standard InChI is InChI=1S/C17H21N3OS2.C2H6/c1-13(22)18-11-7-3-6-10-16(21)20-17-19-15(12-23-17)14-8-4-2-5-9-14;1-2/h2,4-5,8-9,12H,3,6-7,10-11H2,1H3,(H,18,22)(H,19,20,21);1-2H3. The van der Waals surface area contributed by atoms with Crippen molar-refractivity contribution in [2.75, 3.05) is 11.9 Å². The smallest absolute Gasteiger partial charge is 0.226 e. The van der Waals surface area contributed by atoms with E-state index in [-0.39, 0.29) is 5.91 Å². The van der Waals surface area contributed by atoms with Gasteiger partial charge in [-0.15, -0.1) is 11.3 Å². The number of nitrogens with zero attached hydrogens (tertiary/aromatic N) is 1. The maximum atomic E-state index is 11.9. The van der Waals surface area contributed by atoms with Crippen LogP contribution in [0.15, 0.2) is 35.7 Å². The molecule has 0 aliphatic rings. The molecule has 0 bridgehead atoms. The molecule has 1 aromatic carbocycles. The summed E-state index contributed by atoms with van der Waals surface area (Å²) in [6, 6.07) is 9.95. The van der Waals surface area contributed by atoms with Crippen molar-refractivity contribution in [3.63, 3.8) is 0 Å². The number of carbonyl (C=O) groups excluding carboxylic acids is 1. The highest BCUT2D eigenvalue weighted by Crippen LogP contribution is 2.24. The molecular formula is C19H27N3OS2. The molecule has 1 heterocycles. The quantitative estimate of drug-likeness (QED) is 0.486. The Morgan fingerprint density at radius 2 is 1.88 bits per heavy atom. The summed E-state index contributed by atoms with van der Waals surface area (Å²) in [6.07, 6.45) is 3.44. The lowest BCUT2D eigenvalue weighted by Gasteiger charge is -2.04. The summed E-state index contributed by atoms with van der Waals surface area (Å²) in [7, 11) is 0. The van der Waals surface area contributed by atoms with E-state index in [1.165, 1.54) is 11.3 Å². The summed E-state index contributed by atoms with van der Waals surface area (Å²) in [5, 5.41) is 8.61. The van der Waals surface area contributed by atoms with Crippen molar-refractivity contribution in [1.29, 1.82) is 0 Å². The minimum atomic E-state index is 0.0259. The van der Waals surface area contributed by atoms with Gasteiger partial charge in [-0.3, -0.25) is 4.79 Å². The Morgan fingerprint density at radius 3 is 2.56 bits per heavy atom. The van der Waals surface area contributed by atoms with Crippen molar-refractivity contribution < 1.29 is 4.79 Å². The summed E-state index contributed by atoms with van der Waals surface area (Å²) >= 11 is 6.40. The lowest BCUT2D eigenvalue weighted by atomic mass is 10.2. The van der Waals surface area contributed by atoms with Crippen LogP contribution in [0.4, 0.5) is 5.13 Å². The van der Waals surface area contributed by atoms with Gasteiger partial charge in [-0.05, 0) is 19.8 Å². The molecule has 2 rings (SSSR count). The molecule has 4 nitrogen and oxygen atoms in total. The van der Waals surface area contributed by atoms with Crippen molar-refractivity contribution in [2.24, 2.45) is 0 Å². The van der Waals surface area contributed by atoms with Gasteiger partial charge in [-0.1, -0.05) is 62.8 Å². The second kappa shape index (κ2) is 12.6. The van der Waals surface area contributed by atoms with Crippen LogP contribution in [-0.4, -0.2) is 22.4 Å². The lowest BCUT2D eigenvalue weighted by Crippen LogP contribution is -2.19. The van der Waals surface area contributed by atoms with Crippen LogP contribution in [0.1, 0.15) is 46.5 Å². The molecule has 25 heavy (non-hydrogen) atoms. The number of anilines is 1. The second-order valence-corrected chi connectivity index (χ2v) is 6.72.